The van der Waals surface area contributed by atoms with Gasteiger partial charge in [-0.25, -0.2) is 0 Å². The van der Waals surface area contributed by atoms with Crippen molar-refractivity contribution in [1.29, 1.82) is 0 Å². The van der Waals surface area contributed by atoms with Crippen molar-refractivity contribution in [2.75, 3.05) is 6.54 Å². The molecule has 76 valence electrons. The molecule has 0 bridgehead atoms. The molecule has 0 aromatic carbocycles. The number of aliphatic hydroxyl groups is 1. The first-order chi connectivity index (χ1) is 5.95. The fourth-order valence-electron chi connectivity index (χ4n) is 0.630. The lowest BCUT2D eigenvalue weighted by Gasteiger charge is -2.13. The monoisotopic (exact) mass is 190 g/mol. The van der Waals surface area contributed by atoms with Gasteiger partial charge in [0.1, 0.15) is 6.04 Å². The fourth-order valence-corrected chi connectivity index (χ4v) is 0.630. The van der Waals surface area contributed by atoms with Gasteiger partial charge < -0.3 is 21.3 Å². The SMILES string of the molecule is C[C@@H](O)[C@H](N)C(=O)NCCC(=O)O. The maximum Gasteiger partial charge on any atom is 0.305 e. The zero-order chi connectivity index (χ0) is 10.4. The topological polar surface area (TPSA) is 113 Å². The summed E-state index contributed by atoms with van der Waals surface area (Å²) in [4.78, 5) is 21.0. The Morgan fingerprint density at radius 2 is 2.08 bits per heavy atom. The molecule has 2 atom stereocenters. The molecule has 0 aliphatic rings. The van der Waals surface area contributed by atoms with E-state index in [1.807, 2.05) is 0 Å². The number of carboxylic acid groups (broad SMARTS) is 1. The maximum absolute atomic E-state index is 11.0. The van der Waals surface area contributed by atoms with E-state index in [0.29, 0.717) is 0 Å². The standard InChI is InChI=1S/C7H14N2O4/c1-4(10)6(8)7(13)9-3-2-5(11)12/h4,6,10H,2-3,8H2,1H3,(H,9,13)(H,11,12)/t4-,6+/m1/s1. The molecule has 0 aliphatic carbocycles. The van der Waals surface area contributed by atoms with Gasteiger partial charge in [-0.2, -0.15) is 0 Å². The summed E-state index contributed by atoms with van der Waals surface area (Å²) < 4.78 is 0. The molecule has 0 aromatic rings. The van der Waals surface area contributed by atoms with Crippen LogP contribution < -0.4 is 11.1 Å². The molecule has 6 nitrogen and oxygen atoms in total. The molecule has 0 spiro atoms. The predicted molar refractivity (Wildman–Crippen MR) is 44.9 cm³/mol. The molecule has 0 fully saturated rings. The van der Waals surface area contributed by atoms with E-state index in [1.165, 1.54) is 6.92 Å². The summed E-state index contributed by atoms with van der Waals surface area (Å²) in [7, 11) is 0. The molecule has 0 radical (unpaired) electrons. The van der Waals surface area contributed by atoms with Crippen molar-refractivity contribution in [3.05, 3.63) is 0 Å². The van der Waals surface area contributed by atoms with Crippen LogP contribution in [0.3, 0.4) is 0 Å². The molecular weight excluding hydrogens is 176 g/mol. The zero-order valence-electron chi connectivity index (χ0n) is 7.36. The number of nitrogens with one attached hydrogen (secondary N) is 1. The Bertz CT molecular complexity index is 193. The number of carboxylic acids is 1. The van der Waals surface area contributed by atoms with E-state index in [9.17, 15) is 9.59 Å². The van der Waals surface area contributed by atoms with Gasteiger partial charge in [0.25, 0.3) is 0 Å². The lowest BCUT2D eigenvalue weighted by molar-refractivity contribution is -0.137. The number of rotatable bonds is 5. The summed E-state index contributed by atoms with van der Waals surface area (Å²) >= 11 is 0. The number of carbonyl (C=O) groups is 2. The lowest BCUT2D eigenvalue weighted by atomic mass is 10.2. The van der Waals surface area contributed by atoms with E-state index in [4.69, 9.17) is 15.9 Å². The Hall–Kier alpha value is -1.14. The Labute approximate surface area is 75.7 Å². The third-order valence-corrected chi connectivity index (χ3v) is 1.46. The second kappa shape index (κ2) is 5.50. The molecule has 1 amide bonds. The van der Waals surface area contributed by atoms with Crippen LogP contribution in [0.15, 0.2) is 0 Å². The molecule has 0 rings (SSSR count). The molecule has 0 aromatic heterocycles. The number of carbonyl (C=O) groups excluding carboxylic acids is 1. The highest BCUT2D eigenvalue weighted by Gasteiger charge is 2.17. The molecule has 0 heterocycles. The maximum atomic E-state index is 11.0. The van der Waals surface area contributed by atoms with Gasteiger partial charge >= 0.3 is 5.97 Å². The van der Waals surface area contributed by atoms with Crippen LogP contribution in [0.5, 0.6) is 0 Å². The second-order valence-corrected chi connectivity index (χ2v) is 2.70. The summed E-state index contributed by atoms with van der Waals surface area (Å²) in [5, 5.41) is 19.4. The average Bonchev–Trinajstić information content (AvgIpc) is 2.02. The van der Waals surface area contributed by atoms with Gasteiger partial charge in [-0.3, -0.25) is 9.59 Å². The van der Waals surface area contributed by atoms with Gasteiger partial charge in [0.2, 0.25) is 5.91 Å². The van der Waals surface area contributed by atoms with Crippen LogP contribution in [0.25, 0.3) is 0 Å². The van der Waals surface area contributed by atoms with Crippen molar-refractivity contribution in [3.8, 4) is 0 Å². The normalized spacial score (nSPS) is 14.7. The Morgan fingerprint density at radius 3 is 2.46 bits per heavy atom. The van der Waals surface area contributed by atoms with Gasteiger partial charge in [-0.15, -0.1) is 0 Å². The van der Waals surface area contributed by atoms with E-state index in [-0.39, 0.29) is 13.0 Å². The highest BCUT2D eigenvalue weighted by molar-refractivity contribution is 5.82. The minimum atomic E-state index is -1.01. The van der Waals surface area contributed by atoms with Crippen LogP contribution in [-0.2, 0) is 9.59 Å². The fraction of sp³-hybridized carbons (Fsp3) is 0.714. The molecular formula is C7H14N2O4. The van der Waals surface area contributed by atoms with Crippen LogP contribution in [0.1, 0.15) is 13.3 Å². The van der Waals surface area contributed by atoms with Crippen LogP contribution >= 0.6 is 0 Å². The molecule has 0 saturated carbocycles. The van der Waals surface area contributed by atoms with Gasteiger partial charge in [0.05, 0.1) is 12.5 Å². The average molecular weight is 190 g/mol. The molecule has 0 aliphatic heterocycles. The quantitative estimate of drug-likeness (QED) is 0.412. The summed E-state index contributed by atoms with van der Waals surface area (Å²) in [6.07, 6.45) is -1.09. The molecule has 6 heteroatoms. The largest absolute Gasteiger partial charge is 0.481 e. The van der Waals surface area contributed by atoms with Gasteiger partial charge in [0, 0.05) is 6.54 Å². The van der Waals surface area contributed by atoms with Crippen LogP contribution in [0, 0.1) is 0 Å². The van der Waals surface area contributed by atoms with Crippen LogP contribution in [0.4, 0.5) is 0 Å². The number of nitrogens with two attached hydrogens (primary N) is 1. The predicted octanol–water partition coefficient (Wildman–Crippen LogP) is -1.71. The number of aliphatic hydroxyl groups excluding tert-OH is 1. The highest BCUT2D eigenvalue weighted by atomic mass is 16.4. The summed E-state index contributed by atoms with van der Waals surface area (Å²) in [5.74, 6) is -1.54. The van der Waals surface area contributed by atoms with Crippen molar-refractivity contribution in [2.45, 2.75) is 25.5 Å². The second-order valence-electron chi connectivity index (χ2n) is 2.70. The zero-order valence-corrected chi connectivity index (χ0v) is 7.36. The van der Waals surface area contributed by atoms with E-state index in [1.54, 1.807) is 0 Å². The van der Waals surface area contributed by atoms with Crippen LogP contribution in [-0.4, -0.2) is 40.8 Å². The number of amides is 1. The number of hydrogen-bond acceptors (Lipinski definition) is 4. The third kappa shape index (κ3) is 5.15. The molecule has 5 N–H and O–H groups in total. The first-order valence-corrected chi connectivity index (χ1v) is 3.88. The molecule has 0 unspecified atom stereocenters. The first kappa shape index (κ1) is 11.9. The van der Waals surface area contributed by atoms with E-state index in [2.05, 4.69) is 5.32 Å². The Kier molecular flexibility index (Phi) is 5.01. The highest BCUT2D eigenvalue weighted by Crippen LogP contribution is 1.88. The Balaban J connectivity index is 3.68. The summed E-state index contributed by atoms with van der Waals surface area (Å²) in [6, 6.07) is -1.01. The van der Waals surface area contributed by atoms with Crippen molar-refractivity contribution in [1.82, 2.24) is 5.32 Å². The first-order valence-electron chi connectivity index (χ1n) is 3.88. The Morgan fingerprint density at radius 1 is 1.54 bits per heavy atom. The van der Waals surface area contributed by atoms with Crippen molar-refractivity contribution in [3.63, 3.8) is 0 Å². The van der Waals surface area contributed by atoms with Gasteiger partial charge in [0.15, 0.2) is 0 Å². The van der Waals surface area contributed by atoms with E-state index < -0.39 is 24.0 Å². The van der Waals surface area contributed by atoms with E-state index in [0.717, 1.165) is 0 Å². The number of aliphatic carboxylic acids is 1. The summed E-state index contributed by atoms with van der Waals surface area (Å²) in [6.45, 7) is 1.41. The number of hydrogen-bond donors (Lipinski definition) is 4. The molecule has 13 heavy (non-hydrogen) atoms. The van der Waals surface area contributed by atoms with Crippen molar-refractivity contribution < 1.29 is 19.8 Å². The molecule has 0 saturated heterocycles. The van der Waals surface area contributed by atoms with Crippen molar-refractivity contribution in [2.24, 2.45) is 5.73 Å². The van der Waals surface area contributed by atoms with E-state index >= 15 is 0 Å². The summed E-state index contributed by atoms with van der Waals surface area (Å²) in [5.41, 5.74) is 5.27. The van der Waals surface area contributed by atoms with Gasteiger partial charge in [-0.1, -0.05) is 0 Å². The lowest BCUT2D eigenvalue weighted by Crippen LogP contribution is -2.47. The van der Waals surface area contributed by atoms with Crippen LogP contribution in [0.2, 0.25) is 0 Å². The van der Waals surface area contributed by atoms with Crippen molar-refractivity contribution >= 4 is 11.9 Å². The third-order valence-electron chi connectivity index (χ3n) is 1.46. The minimum absolute atomic E-state index is 0.0224. The smallest absolute Gasteiger partial charge is 0.305 e. The van der Waals surface area contributed by atoms with Gasteiger partial charge in [-0.05, 0) is 6.92 Å². The minimum Gasteiger partial charge on any atom is -0.481 e.